The lowest BCUT2D eigenvalue weighted by molar-refractivity contribution is 0.0219. The number of nitrogens with two attached hydrogens (primary N) is 1. The van der Waals surface area contributed by atoms with E-state index in [-0.39, 0.29) is 0 Å². The van der Waals surface area contributed by atoms with Crippen molar-refractivity contribution in [2.24, 2.45) is 11.7 Å². The van der Waals surface area contributed by atoms with E-state index in [9.17, 15) is 0 Å². The van der Waals surface area contributed by atoms with Crippen LogP contribution in [0.5, 0.6) is 0 Å². The highest BCUT2D eigenvalue weighted by Gasteiger charge is 2.35. The zero-order valence-corrected chi connectivity index (χ0v) is 12.1. The Morgan fingerprint density at radius 1 is 1.11 bits per heavy atom. The number of hydrogen-bond donors (Lipinski definition) is 1. The molecule has 0 bridgehead atoms. The minimum atomic E-state index is 0.508. The molecule has 3 heteroatoms. The van der Waals surface area contributed by atoms with E-state index in [1.807, 2.05) is 7.11 Å². The van der Waals surface area contributed by atoms with Gasteiger partial charge in [0.05, 0.1) is 6.10 Å². The molecule has 0 aromatic carbocycles. The molecule has 0 saturated heterocycles. The van der Waals surface area contributed by atoms with E-state index < -0.39 is 0 Å². The van der Waals surface area contributed by atoms with E-state index in [2.05, 4.69) is 11.8 Å². The molecule has 0 aromatic rings. The standard InChI is InChI=1S/C15H30N2O/c1-3-17(15-6-4-5-12(15)11-16)13-7-9-14(18-2)10-8-13/h12-15H,3-11,16H2,1-2H3. The molecule has 2 N–H and O–H groups in total. The lowest BCUT2D eigenvalue weighted by Crippen LogP contribution is -2.48. The van der Waals surface area contributed by atoms with Gasteiger partial charge in [-0.2, -0.15) is 0 Å². The molecule has 106 valence electrons. The van der Waals surface area contributed by atoms with Crippen LogP contribution < -0.4 is 5.73 Å². The van der Waals surface area contributed by atoms with Gasteiger partial charge in [-0.1, -0.05) is 13.3 Å². The Bertz CT molecular complexity index is 239. The summed E-state index contributed by atoms with van der Waals surface area (Å²) < 4.78 is 5.48. The van der Waals surface area contributed by atoms with Crippen molar-refractivity contribution in [1.29, 1.82) is 0 Å². The second-order valence-electron chi connectivity index (χ2n) is 5.99. The van der Waals surface area contributed by atoms with Gasteiger partial charge in [0.15, 0.2) is 0 Å². The Morgan fingerprint density at radius 3 is 2.39 bits per heavy atom. The summed E-state index contributed by atoms with van der Waals surface area (Å²) in [5.74, 6) is 0.741. The van der Waals surface area contributed by atoms with Crippen LogP contribution in [0, 0.1) is 5.92 Å². The Labute approximate surface area is 112 Å². The van der Waals surface area contributed by atoms with E-state index in [4.69, 9.17) is 10.5 Å². The van der Waals surface area contributed by atoms with Gasteiger partial charge in [-0.15, -0.1) is 0 Å². The van der Waals surface area contributed by atoms with Gasteiger partial charge in [-0.05, 0) is 57.5 Å². The molecule has 3 nitrogen and oxygen atoms in total. The van der Waals surface area contributed by atoms with Crippen molar-refractivity contribution in [2.45, 2.75) is 70.1 Å². The monoisotopic (exact) mass is 254 g/mol. The molecule has 2 fully saturated rings. The first-order valence-electron chi connectivity index (χ1n) is 7.78. The average Bonchev–Trinajstić information content (AvgIpc) is 2.89. The number of rotatable bonds is 5. The predicted molar refractivity (Wildman–Crippen MR) is 75.6 cm³/mol. The number of hydrogen-bond acceptors (Lipinski definition) is 3. The Kier molecular flexibility index (Phi) is 5.46. The van der Waals surface area contributed by atoms with Crippen LogP contribution in [-0.4, -0.2) is 43.3 Å². The third-order valence-corrected chi connectivity index (χ3v) is 5.16. The highest BCUT2D eigenvalue weighted by molar-refractivity contribution is 4.90. The molecule has 2 atom stereocenters. The summed E-state index contributed by atoms with van der Waals surface area (Å²) in [6.07, 6.45) is 9.66. The fourth-order valence-corrected chi connectivity index (χ4v) is 4.10. The highest BCUT2D eigenvalue weighted by Crippen LogP contribution is 2.34. The van der Waals surface area contributed by atoms with Crippen LogP contribution in [0.2, 0.25) is 0 Å². The molecule has 0 radical (unpaired) electrons. The number of methoxy groups -OCH3 is 1. The van der Waals surface area contributed by atoms with Crippen LogP contribution >= 0.6 is 0 Å². The summed E-state index contributed by atoms with van der Waals surface area (Å²) in [4.78, 5) is 2.76. The van der Waals surface area contributed by atoms with Crippen LogP contribution in [0.3, 0.4) is 0 Å². The van der Waals surface area contributed by atoms with Crippen molar-refractivity contribution in [3.63, 3.8) is 0 Å². The van der Waals surface area contributed by atoms with E-state index in [0.717, 1.165) is 24.5 Å². The van der Waals surface area contributed by atoms with Crippen molar-refractivity contribution >= 4 is 0 Å². The molecular weight excluding hydrogens is 224 g/mol. The highest BCUT2D eigenvalue weighted by atomic mass is 16.5. The van der Waals surface area contributed by atoms with Crippen molar-refractivity contribution in [1.82, 2.24) is 4.90 Å². The van der Waals surface area contributed by atoms with E-state index in [1.165, 1.54) is 51.5 Å². The maximum Gasteiger partial charge on any atom is 0.0572 e. The van der Waals surface area contributed by atoms with E-state index in [1.54, 1.807) is 0 Å². The lowest BCUT2D eigenvalue weighted by atomic mass is 9.89. The Morgan fingerprint density at radius 2 is 1.83 bits per heavy atom. The van der Waals surface area contributed by atoms with Crippen molar-refractivity contribution in [3.8, 4) is 0 Å². The zero-order valence-electron chi connectivity index (χ0n) is 12.1. The van der Waals surface area contributed by atoms with Gasteiger partial charge in [0.25, 0.3) is 0 Å². The second-order valence-corrected chi connectivity index (χ2v) is 5.99. The molecule has 2 unspecified atom stereocenters. The summed E-state index contributed by atoms with van der Waals surface area (Å²) in [5.41, 5.74) is 5.94. The summed E-state index contributed by atoms with van der Waals surface area (Å²) in [6, 6.07) is 1.53. The van der Waals surface area contributed by atoms with Gasteiger partial charge in [-0.3, -0.25) is 4.90 Å². The Balaban J connectivity index is 1.92. The Hall–Kier alpha value is -0.120. The molecule has 2 rings (SSSR count). The van der Waals surface area contributed by atoms with Gasteiger partial charge in [-0.25, -0.2) is 0 Å². The smallest absolute Gasteiger partial charge is 0.0572 e. The fourth-order valence-electron chi connectivity index (χ4n) is 4.10. The molecule has 2 aliphatic rings. The SMILES string of the molecule is CCN(C1CCC(OC)CC1)C1CCCC1CN. The minimum Gasteiger partial charge on any atom is -0.381 e. The first kappa shape index (κ1) is 14.3. The third kappa shape index (κ3) is 3.06. The maximum absolute atomic E-state index is 5.94. The van der Waals surface area contributed by atoms with Crippen molar-refractivity contribution in [3.05, 3.63) is 0 Å². The van der Waals surface area contributed by atoms with Gasteiger partial charge >= 0.3 is 0 Å². The summed E-state index contributed by atoms with van der Waals surface area (Å²) in [5, 5.41) is 0. The number of ether oxygens (including phenoxy) is 1. The summed E-state index contributed by atoms with van der Waals surface area (Å²) >= 11 is 0. The zero-order chi connectivity index (χ0) is 13.0. The topological polar surface area (TPSA) is 38.5 Å². The van der Waals surface area contributed by atoms with Crippen molar-refractivity contribution < 1.29 is 4.74 Å². The largest absolute Gasteiger partial charge is 0.381 e. The van der Waals surface area contributed by atoms with Gasteiger partial charge in [0.1, 0.15) is 0 Å². The normalized spacial score (nSPS) is 37.3. The second kappa shape index (κ2) is 6.88. The average molecular weight is 254 g/mol. The molecule has 2 aliphatic carbocycles. The van der Waals surface area contributed by atoms with E-state index >= 15 is 0 Å². The first-order chi connectivity index (χ1) is 8.80. The van der Waals surface area contributed by atoms with Gasteiger partial charge in [0, 0.05) is 19.2 Å². The van der Waals surface area contributed by atoms with Gasteiger partial charge in [0.2, 0.25) is 0 Å². The van der Waals surface area contributed by atoms with Crippen molar-refractivity contribution in [2.75, 3.05) is 20.2 Å². The van der Waals surface area contributed by atoms with Crippen LogP contribution in [0.15, 0.2) is 0 Å². The summed E-state index contributed by atoms with van der Waals surface area (Å²) in [7, 11) is 1.85. The maximum atomic E-state index is 5.94. The fraction of sp³-hybridized carbons (Fsp3) is 1.00. The lowest BCUT2D eigenvalue weighted by Gasteiger charge is -2.41. The number of nitrogens with zero attached hydrogens (tertiary/aromatic N) is 1. The molecule has 2 saturated carbocycles. The summed E-state index contributed by atoms with van der Waals surface area (Å²) in [6.45, 7) is 4.37. The molecule has 0 amide bonds. The first-order valence-corrected chi connectivity index (χ1v) is 7.78. The molecule has 0 heterocycles. The van der Waals surface area contributed by atoms with Crippen LogP contribution in [0.4, 0.5) is 0 Å². The van der Waals surface area contributed by atoms with E-state index in [0.29, 0.717) is 6.10 Å². The minimum absolute atomic E-state index is 0.508. The quantitative estimate of drug-likeness (QED) is 0.819. The van der Waals surface area contributed by atoms with Crippen LogP contribution in [-0.2, 0) is 4.74 Å². The molecule has 0 spiro atoms. The predicted octanol–water partition coefficient (Wildman–Crippen LogP) is 2.39. The van der Waals surface area contributed by atoms with Crippen LogP contribution in [0.1, 0.15) is 51.9 Å². The molecular formula is C15H30N2O. The van der Waals surface area contributed by atoms with Crippen LogP contribution in [0.25, 0.3) is 0 Å². The third-order valence-electron chi connectivity index (χ3n) is 5.16. The molecule has 18 heavy (non-hydrogen) atoms. The van der Waals surface area contributed by atoms with Gasteiger partial charge < -0.3 is 10.5 Å². The molecule has 0 aliphatic heterocycles. The molecule has 0 aromatic heterocycles.